The molecule has 1 heterocycles. The summed E-state index contributed by atoms with van der Waals surface area (Å²) in [6, 6.07) is 21.1. The standard InChI is InChI=1S/C23H31N5/c1-5-24-22(25-18-27(4)6-2)28-17-23(3,20-15-11-8-12-16-20)21(26-28)19-13-9-7-10-14-19/h7-16H,5-6,17-18H2,1-4H3,(H,24,25)/t23-/m0/s1. The molecule has 0 unspecified atom stereocenters. The summed E-state index contributed by atoms with van der Waals surface area (Å²) in [6.07, 6.45) is 0. The van der Waals surface area contributed by atoms with Gasteiger partial charge in [-0.3, -0.25) is 4.90 Å². The molecule has 0 bridgehead atoms. The minimum Gasteiger partial charge on any atom is -0.355 e. The van der Waals surface area contributed by atoms with Gasteiger partial charge in [-0.05, 0) is 38.6 Å². The lowest BCUT2D eigenvalue weighted by Gasteiger charge is -2.28. The first kappa shape index (κ1) is 20.1. The summed E-state index contributed by atoms with van der Waals surface area (Å²) in [6.45, 7) is 9.67. The highest BCUT2D eigenvalue weighted by Gasteiger charge is 2.42. The topological polar surface area (TPSA) is 43.2 Å². The smallest absolute Gasteiger partial charge is 0.216 e. The van der Waals surface area contributed by atoms with Crippen molar-refractivity contribution >= 4 is 11.7 Å². The van der Waals surface area contributed by atoms with Crippen LogP contribution in [0.5, 0.6) is 0 Å². The predicted molar refractivity (Wildman–Crippen MR) is 118 cm³/mol. The van der Waals surface area contributed by atoms with Gasteiger partial charge in [-0.15, -0.1) is 0 Å². The van der Waals surface area contributed by atoms with Gasteiger partial charge in [0.05, 0.1) is 24.3 Å². The van der Waals surface area contributed by atoms with E-state index in [9.17, 15) is 0 Å². The first-order valence-electron chi connectivity index (χ1n) is 10.0. The molecule has 0 saturated heterocycles. The molecular formula is C23H31N5. The summed E-state index contributed by atoms with van der Waals surface area (Å²) in [7, 11) is 2.07. The third-order valence-corrected chi connectivity index (χ3v) is 5.25. The van der Waals surface area contributed by atoms with E-state index in [1.807, 2.05) is 11.1 Å². The van der Waals surface area contributed by atoms with Crippen molar-refractivity contribution < 1.29 is 0 Å². The summed E-state index contributed by atoms with van der Waals surface area (Å²) < 4.78 is 0. The Morgan fingerprint density at radius 1 is 1.11 bits per heavy atom. The average molecular weight is 378 g/mol. The lowest BCUT2D eigenvalue weighted by atomic mass is 9.76. The highest BCUT2D eigenvalue weighted by Crippen LogP contribution is 2.35. The van der Waals surface area contributed by atoms with Crippen LogP contribution in [0, 0.1) is 0 Å². The number of nitrogens with zero attached hydrogens (tertiary/aromatic N) is 4. The molecule has 3 rings (SSSR count). The van der Waals surface area contributed by atoms with E-state index in [0.717, 1.165) is 36.9 Å². The molecule has 0 aliphatic carbocycles. The molecule has 2 aromatic carbocycles. The third-order valence-electron chi connectivity index (χ3n) is 5.25. The van der Waals surface area contributed by atoms with Crippen LogP contribution in [0.3, 0.4) is 0 Å². The van der Waals surface area contributed by atoms with Gasteiger partial charge in [-0.25, -0.2) is 10.0 Å². The number of hydrogen-bond acceptors (Lipinski definition) is 3. The van der Waals surface area contributed by atoms with Crippen molar-refractivity contribution in [2.24, 2.45) is 10.1 Å². The lowest BCUT2D eigenvalue weighted by Crippen LogP contribution is -2.42. The maximum atomic E-state index is 5.05. The summed E-state index contributed by atoms with van der Waals surface area (Å²) in [5.41, 5.74) is 3.28. The zero-order valence-corrected chi connectivity index (χ0v) is 17.4. The fourth-order valence-corrected chi connectivity index (χ4v) is 3.44. The Kier molecular flexibility index (Phi) is 6.47. The van der Waals surface area contributed by atoms with Crippen LogP contribution in [0.15, 0.2) is 70.8 Å². The van der Waals surface area contributed by atoms with Gasteiger partial charge in [-0.2, -0.15) is 5.10 Å². The van der Waals surface area contributed by atoms with E-state index < -0.39 is 0 Å². The Hall–Kier alpha value is -2.66. The molecule has 1 atom stereocenters. The van der Waals surface area contributed by atoms with E-state index in [1.165, 1.54) is 5.56 Å². The maximum absolute atomic E-state index is 5.05. The maximum Gasteiger partial charge on any atom is 0.216 e. The van der Waals surface area contributed by atoms with E-state index in [0.29, 0.717) is 6.67 Å². The minimum absolute atomic E-state index is 0.213. The van der Waals surface area contributed by atoms with Crippen molar-refractivity contribution in [3.8, 4) is 0 Å². The zero-order chi connectivity index (χ0) is 20.0. The van der Waals surface area contributed by atoms with Crippen LogP contribution < -0.4 is 5.32 Å². The summed E-state index contributed by atoms with van der Waals surface area (Å²) in [5.74, 6) is 0.830. The number of hydrogen-bond donors (Lipinski definition) is 1. The number of nitrogens with one attached hydrogen (secondary N) is 1. The summed E-state index contributed by atoms with van der Waals surface area (Å²) >= 11 is 0. The van der Waals surface area contributed by atoms with E-state index >= 15 is 0 Å². The first-order valence-corrected chi connectivity index (χ1v) is 10.0. The fourth-order valence-electron chi connectivity index (χ4n) is 3.44. The van der Waals surface area contributed by atoms with Crippen LogP contribution in [-0.4, -0.2) is 54.9 Å². The van der Waals surface area contributed by atoms with Crippen molar-refractivity contribution in [1.82, 2.24) is 15.2 Å². The van der Waals surface area contributed by atoms with Crippen molar-refractivity contribution in [3.63, 3.8) is 0 Å². The van der Waals surface area contributed by atoms with Crippen LogP contribution in [0.4, 0.5) is 0 Å². The van der Waals surface area contributed by atoms with Gasteiger partial charge in [0.2, 0.25) is 5.96 Å². The van der Waals surface area contributed by atoms with Crippen molar-refractivity contribution in [3.05, 3.63) is 71.8 Å². The van der Waals surface area contributed by atoms with E-state index in [4.69, 9.17) is 10.1 Å². The second-order valence-electron chi connectivity index (χ2n) is 7.40. The Morgan fingerprint density at radius 3 is 2.36 bits per heavy atom. The Bertz CT molecular complexity index is 815. The SMILES string of the molecule is CCNC(=NCN(C)CC)N1C[C@@](C)(c2ccccc2)C(c2ccccc2)=N1. The molecule has 0 aromatic heterocycles. The van der Waals surface area contributed by atoms with Gasteiger partial charge in [0.25, 0.3) is 0 Å². The number of aliphatic imine (C=N–C) groups is 1. The number of benzene rings is 2. The lowest BCUT2D eigenvalue weighted by molar-refractivity contribution is 0.355. The Labute approximate surface area is 168 Å². The molecule has 1 aliphatic rings. The van der Waals surface area contributed by atoms with Crippen LogP contribution in [0.25, 0.3) is 0 Å². The monoisotopic (exact) mass is 377 g/mol. The molecule has 0 fully saturated rings. The van der Waals surface area contributed by atoms with E-state index in [-0.39, 0.29) is 5.41 Å². The second-order valence-corrected chi connectivity index (χ2v) is 7.40. The van der Waals surface area contributed by atoms with Crippen molar-refractivity contribution in [1.29, 1.82) is 0 Å². The molecule has 0 spiro atoms. The molecule has 0 amide bonds. The molecule has 1 aliphatic heterocycles. The van der Waals surface area contributed by atoms with E-state index in [1.54, 1.807) is 0 Å². The average Bonchev–Trinajstić information content (AvgIpc) is 3.10. The van der Waals surface area contributed by atoms with Gasteiger partial charge in [0, 0.05) is 6.54 Å². The molecule has 0 radical (unpaired) electrons. The van der Waals surface area contributed by atoms with Gasteiger partial charge >= 0.3 is 0 Å². The number of hydrazone groups is 1. The summed E-state index contributed by atoms with van der Waals surface area (Å²) in [5, 5.41) is 10.5. The summed E-state index contributed by atoms with van der Waals surface area (Å²) in [4.78, 5) is 6.98. The highest BCUT2D eigenvalue weighted by molar-refractivity contribution is 6.10. The van der Waals surface area contributed by atoms with Gasteiger partial charge in [-0.1, -0.05) is 67.6 Å². The van der Waals surface area contributed by atoms with E-state index in [2.05, 4.69) is 92.6 Å². The molecule has 0 saturated carbocycles. The van der Waals surface area contributed by atoms with Crippen LogP contribution in [-0.2, 0) is 5.41 Å². The molecule has 1 N–H and O–H groups in total. The number of rotatable bonds is 6. The fraction of sp³-hybridized carbons (Fsp3) is 0.391. The highest BCUT2D eigenvalue weighted by atomic mass is 15.5. The molecule has 28 heavy (non-hydrogen) atoms. The van der Waals surface area contributed by atoms with Gasteiger partial charge in [0.1, 0.15) is 0 Å². The second kappa shape index (κ2) is 9.02. The number of guanidine groups is 1. The molecule has 148 valence electrons. The third kappa shape index (κ3) is 4.25. The Balaban J connectivity index is 2.01. The van der Waals surface area contributed by atoms with Gasteiger partial charge in [0.15, 0.2) is 0 Å². The largest absolute Gasteiger partial charge is 0.355 e. The normalized spacial score (nSPS) is 19.8. The Morgan fingerprint density at radius 2 is 1.75 bits per heavy atom. The quantitative estimate of drug-likeness (QED) is 0.619. The van der Waals surface area contributed by atoms with Crippen LogP contribution in [0.1, 0.15) is 31.9 Å². The minimum atomic E-state index is -0.213. The predicted octanol–water partition coefficient (Wildman–Crippen LogP) is 3.54. The van der Waals surface area contributed by atoms with Crippen molar-refractivity contribution in [2.75, 3.05) is 33.4 Å². The van der Waals surface area contributed by atoms with Gasteiger partial charge < -0.3 is 5.32 Å². The molecular weight excluding hydrogens is 346 g/mol. The molecule has 5 heteroatoms. The first-order chi connectivity index (χ1) is 13.6. The van der Waals surface area contributed by atoms with Crippen LogP contribution >= 0.6 is 0 Å². The van der Waals surface area contributed by atoms with Crippen molar-refractivity contribution in [2.45, 2.75) is 26.2 Å². The molecule has 2 aromatic rings. The molecule has 5 nitrogen and oxygen atoms in total. The van der Waals surface area contributed by atoms with Crippen LogP contribution in [0.2, 0.25) is 0 Å². The zero-order valence-electron chi connectivity index (χ0n) is 17.4.